The number of hydrogen-bond acceptors (Lipinski definition) is 4. The van der Waals surface area contributed by atoms with Gasteiger partial charge in [0, 0.05) is 13.0 Å². The number of halogens is 1. The third-order valence-corrected chi connectivity index (χ3v) is 3.72. The van der Waals surface area contributed by atoms with Gasteiger partial charge in [0.1, 0.15) is 5.15 Å². The second-order valence-corrected chi connectivity index (χ2v) is 5.37. The van der Waals surface area contributed by atoms with Crippen LogP contribution in [0, 0.1) is 6.92 Å². The summed E-state index contributed by atoms with van der Waals surface area (Å²) in [6.07, 6.45) is 2.65. The second kappa shape index (κ2) is 6.22. The lowest BCUT2D eigenvalue weighted by Gasteiger charge is -2.11. The summed E-state index contributed by atoms with van der Waals surface area (Å²) in [4.78, 5) is 4.13. The lowest BCUT2D eigenvalue weighted by atomic mass is 10.2. The molecule has 0 radical (unpaired) electrons. The Labute approximate surface area is 129 Å². The van der Waals surface area contributed by atoms with Crippen LogP contribution in [0.3, 0.4) is 0 Å². The first kappa shape index (κ1) is 14.0. The molecule has 0 unspecified atom stereocenters. The van der Waals surface area contributed by atoms with Crippen molar-refractivity contribution >= 4 is 17.3 Å². The SMILES string of the molecule is Cc1cc(NCc2ccc3c(c2)OCCCO3)cnc1Cl. The molecule has 1 N–H and O–H groups in total. The zero-order valence-electron chi connectivity index (χ0n) is 11.9. The average Bonchev–Trinajstić information content (AvgIpc) is 2.73. The predicted molar refractivity (Wildman–Crippen MR) is 83.4 cm³/mol. The van der Waals surface area contributed by atoms with Gasteiger partial charge < -0.3 is 14.8 Å². The van der Waals surface area contributed by atoms with Gasteiger partial charge in [-0.05, 0) is 36.2 Å². The average molecular weight is 305 g/mol. The number of benzene rings is 1. The molecule has 2 heterocycles. The number of anilines is 1. The number of aromatic nitrogens is 1. The van der Waals surface area contributed by atoms with E-state index in [-0.39, 0.29) is 0 Å². The minimum atomic E-state index is 0.538. The molecule has 0 saturated carbocycles. The molecular weight excluding hydrogens is 288 g/mol. The van der Waals surface area contributed by atoms with Gasteiger partial charge in [-0.2, -0.15) is 0 Å². The van der Waals surface area contributed by atoms with E-state index in [0.717, 1.165) is 34.7 Å². The van der Waals surface area contributed by atoms with Crippen molar-refractivity contribution in [1.29, 1.82) is 0 Å². The molecule has 110 valence electrons. The zero-order valence-corrected chi connectivity index (χ0v) is 12.6. The largest absolute Gasteiger partial charge is 0.490 e. The molecule has 1 aliphatic rings. The lowest BCUT2D eigenvalue weighted by Crippen LogP contribution is -2.01. The van der Waals surface area contributed by atoms with Crippen LogP contribution in [0.15, 0.2) is 30.5 Å². The molecule has 1 aliphatic heterocycles. The third kappa shape index (κ3) is 3.39. The van der Waals surface area contributed by atoms with Crippen molar-refractivity contribution in [1.82, 2.24) is 4.98 Å². The molecule has 0 atom stereocenters. The van der Waals surface area contributed by atoms with Crippen LogP contribution in [0.25, 0.3) is 0 Å². The van der Waals surface area contributed by atoms with Gasteiger partial charge in [0.15, 0.2) is 11.5 Å². The Morgan fingerprint density at radius 3 is 2.81 bits per heavy atom. The fraction of sp³-hybridized carbons (Fsp3) is 0.312. The zero-order chi connectivity index (χ0) is 14.7. The molecule has 21 heavy (non-hydrogen) atoms. The second-order valence-electron chi connectivity index (χ2n) is 5.02. The van der Waals surface area contributed by atoms with Crippen LogP contribution < -0.4 is 14.8 Å². The van der Waals surface area contributed by atoms with Crippen LogP contribution in [0.2, 0.25) is 5.15 Å². The van der Waals surface area contributed by atoms with Crippen molar-refractivity contribution in [2.75, 3.05) is 18.5 Å². The Kier molecular flexibility index (Phi) is 4.15. The monoisotopic (exact) mass is 304 g/mol. The van der Waals surface area contributed by atoms with Crippen LogP contribution in [-0.2, 0) is 6.54 Å². The molecule has 0 saturated heterocycles. The van der Waals surface area contributed by atoms with E-state index in [4.69, 9.17) is 21.1 Å². The molecular formula is C16H17ClN2O2. The van der Waals surface area contributed by atoms with Gasteiger partial charge in [0.2, 0.25) is 0 Å². The molecule has 2 aromatic rings. The highest BCUT2D eigenvalue weighted by molar-refractivity contribution is 6.30. The smallest absolute Gasteiger partial charge is 0.161 e. The van der Waals surface area contributed by atoms with Gasteiger partial charge in [-0.3, -0.25) is 0 Å². The minimum absolute atomic E-state index is 0.538. The Morgan fingerprint density at radius 2 is 2.00 bits per heavy atom. The summed E-state index contributed by atoms with van der Waals surface area (Å²) >= 11 is 5.92. The van der Waals surface area contributed by atoms with E-state index < -0.39 is 0 Å². The van der Waals surface area contributed by atoms with E-state index in [9.17, 15) is 0 Å². The maximum Gasteiger partial charge on any atom is 0.161 e. The number of ether oxygens (including phenoxy) is 2. The first-order chi connectivity index (χ1) is 10.2. The lowest BCUT2D eigenvalue weighted by molar-refractivity contribution is 0.297. The summed E-state index contributed by atoms with van der Waals surface area (Å²) in [7, 11) is 0. The first-order valence-electron chi connectivity index (χ1n) is 6.97. The Hall–Kier alpha value is -1.94. The summed E-state index contributed by atoms with van der Waals surface area (Å²) in [5.41, 5.74) is 3.04. The summed E-state index contributed by atoms with van der Waals surface area (Å²) in [5.74, 6) is 1.64. The molecule has 0 spiro atoms. The van der Waals surface area contributed by atoms with Gasteiger partial charge in [-0.25, -0.2) is 4.98 Å². The molecule has 1 aromatic carbocycles. The highest BCUT2D eigenvalue weighted by Gasteiger charge is 2.10. The third-order valence-electron chi connectivity index (χ3n) is 3.32. The molecule has 0 aliphatic carbocycles. The Balaban J connectivity index is 1.70. The molecule has 4 nitrogen and oxygen atoms in total. The maximum absolute atomic E-state index is 5.92. The normalized spacial score (nSPS) is 13.6. The minimum Gasteiger partial charge on any atom is -0.490 e. The molecule has 0 bridgehead atoms. The van der Waals surface area contributed by atoms with Crippen molar-refractivity contribution in [3.63, 3.8) is 0 Å². The number of pyridine rings is 1. The summed E-state index contributed by atoms with van der Waals surface area (Å²) in [6.45, 7) is 4.04. The molecule has 0 amide bonds. The molecule has 3 rings (SSSR count). The van der Waals surface area contributed by atoms with Crippen molar-refractivity contribution in [2.45, 2.75) is 19.9 Å². The summed E-state index contributed by atoms with van der Waals surface area (Å²) < 4.78 is 11.3. The number of rotatable bonds is 3. The fourth-order valence-corrected chi connectivity index (χ4v) is 2.28. The van der Waals surface area contributed by atoms with Crippen LogP contribution in [0.4, 0.5) is 5.69 Å². The predicted octanol–water partition coefficient (Wildman–Crippen LogP) is 3.82. The highest BCUT2D eigenvalue weighted by atomic mass is 35.5. The number of fused-ring (bicyclic) bond motifs is 1. The van der Waals surface area contributed by atoms with Crippen LogP contribution in [0.1, 0.15) is 17.5 Å². The van der Waals surface area contributed by atoms with Crippen molar-refractivity contribution < 1.29 is 9.47 Å². The van der Waals surface area contributed by atoms with Gasteiger partial charge in [0.25, 0.3) is 0 Å². The van der Waals surface area contributed by atoms with Crippen LogP contribution >= 0.6 is 11.6 Å². The van der Waals surface area contributed by atoms with Crippen molar-refractivity contribution in [2.24, 2.45) is 0 Å². The molecule has 5 heteroatoms. The van der Waals surface area contributed by atoms with Crippen LogP contribution in [0.5, 0.6) is 11.5 Å². The van der Waals surface area contributed by atoms with Gasteiger partial charge in [0.05, 0.1) is 25.1 Å². The number of nitrogens with one attached hydrogen (secondary N) is 1. The van der Waals surface area contributed by atoms with E-state index in [1.165, 1.54) is 0 Å². The summed E-state index contributed by atoms with van der Waals surface area (Å²) in [6, 6.07) is 8.00. The molecule has 0 fully saturated rings. The number of hydrogen-bond donors (Lipinski definition) is 1. The van der Waals surface area contributed by atoms with E-state index in [2.05, 4.69) is 10.3 Å². The Morgan fingerprint density at radius 1 is 1.19 bits per heavy atom. The van der Waals surface area contributed by atoms with Crippen LogP contribution in [-0.4, -0.2) is 18.2 Å². The quantitative estimate of drug-likeness (QED) is 0.876. The maximum atomic E-state index is 5.92. The van der Waals surface area contributed by atoms with Crippen molar-refractivity contribution in [3.05, 3.63) is 46.7 Å². The topological polar surface area (TPSA) is 43.4 Å². The van der Waals surface area contributed by atoms with Gasteiger partial charge >= 0.3 is 0 Å². The number of aryl methyl sites for hydroxylation is 1. The number of nitrogens with zero attached hydrogens (tertiary/aromatic N) is 1. The Bertz CT molecular complexity index is 646. The highest BCUT2D eigenvalue weighted by Crippen LogP contribution is 2.30. The van der Waals surface area contributed by atoms with Gasteiger partial charge in [-0.1, -0.05) is 17.7 Å². The van der Waals surface area contributed by atoms with E-state index in [1.54, 1.807) is 6.20 Å². The molecule has 1 aromatic heterocycles. The van der Waals surface area contributed by atoms with Gasteiger partial charge in [-0.15, -0.1) is 0 Å². The van der Waals surface area contributed by atoms with E-state index in [1.807, 2.05) is 31.2 Å². The van der Waals surface area contributed by atoms with Crippen molar-refractivity contribution in [3.8, 4) is 11.5 Å². The fourth-order valence-electron chi connectivity index (χ4n) is 2.18. The van der Waals surface area contributed by atoms with E-state index in [0.29, 0.717) is 24.9 Å². The van der Waals surface area contributed by atoms with E-state index >= 15 is 0 Å². The summed E-state index contributed by atoms with van der Waals surface area (Å²) in [5, 5.41) is 3.87. The first-order valence-corrected chi connectivity index (χ1v) is 7.35. The standard InChI is InChI=1S/C16H17ClN2O2/c1-11-7-13(10-19-16(11)17)18-9-12-3-4-14-15(8-12)21-6-2-5-20-14/h3-4,7-8,10,18H,2,5-6,9H2,1H3.